The number of halogens is 1. The summed E-state index contributed by atoms with van der Waals surface area (Å²) in [5, 5.41) is 4.24. The largest absolute Gasteiger partial charge is 0.481 e. The summed E-state index contributed by atoms with van der Waals surface area (Å²) >= 11 is 0. The van der Waals surface area contributed by atoms with Gasteiger partial charge in [-0.15, -0.1) is 0 Å². The van der Waals surface area contributed by atoms with Gasteiger partial charge in [-0.2, -0.15) is 5.10 Å². The molecule has 7 nitrogen and oxygen atoms in total. The number of hydrogen-bond acceptors (Lipinski definition) is 4. The molecule has 2 N–H and O–H groups in total. The zero-order valence-electron chi connectivity index (χ0n) is 17.9. The molecule has 3 aromatic rings. The van der Waals surface area contributed by atoms with Crippen molar-refractivity contribution in [2.45, 2.75) is 40.2 Å². The van der Waals surface area contributed by atoms with Crippen LogP contribution in [0.25, 0.3) is 5.69 Å². The van der Waals surface area contributed by atoms with Crippen LogP contribution < -0.4 is 15.6 Å². The first-order valence-corrected chi connectivity index (χ1v) is 9.97. The lowest BCUT2D eigenvalue weighted by molar-refractivity contribution is -0.128. The van der Waals surface area contributed by atoms with Gasteiger partial charge in [-0.05, 0) is 68.7 Å². The third-order valence-electron chi connectivity index (χ3n) is 5.05. The first-order chi connectivity index (χ1) is 14.8. The molecule has 1 aromatic heterocycles. The van der Waals surface area contributed by atoms with Gasteiger partial charge in [-0.3, -0.25) is 20.4 Å². The molecule has 0 bridgehead atoms. The predicted molar refractivity (Wildman–Crippen MR) is 115 cm³/mol. The molecule has 31 heavy (non-hydrogen) atoms. The van der Waals surface area contributed by atoms with Gasteiger partial charge < -0.3 is 4.74 Å². The van der Waals surface area contributed by atoms with Gasteiger partial charge in [0.15, 0.2) is 6.10 Å². The van der Waals surface area contributed by atoms with Crippen molar-refractivity contribution in [3.63, 3.8) is 0 Å². The fourth-order valence-electron chi connectivity index (χ4n) is 3.09. The molecule has 0 saturated heterocycles. The third-order valence-corrected chi connectivity index (χ3v) is 5.05. The molecule has 0 spiro atoms. The van der Waals surface area contributed by atoms with Crippen LogP contribution in [-0.4, -0.2) is 27.7 Å². The Labute approximate surface area is 180 Å². The molecule has 1 atom stereocenters. The number of hydrogen-bond donors (Lipinski definition) is 2. The molecular weight excluding hydrogens is 399 g/mol. The summed E-state index contributed by atoms with van der Waals surface area (Å²) < 4.78 is 20.5. The number of aromatic nitrogens is 2. The number of ether oxygens (including phenoxy) is 1. The van der Waals surface area contributed by atoms with Crippen molar-refractivity contribution < 1.29 is 18.7 Å². The molecule has 1 unspecified atom stereocenters. The summed E-state index contributed by atoms with van der Waals surface area (Å²) in [4.78, 5) is 25.0. The lowest BCUT2D eigenvalue weighted by Gasteiger charge is -2.17. The Kier molecular flexibility index (Phi) is 6.69. The molecule has 162 valence electrons. The van der Waals surface area contributed by atoms with Crippen molar-refractivity contribution in [3.8, 4) is 11.4 Å². The average molecular weight is 424 g/mol. The van der Waals surface area contributed by atoms with E-state index in [1.165, 1.54) is 18.3 Å². The molecule has 2 aromatic carbocycles. The highest BCUT2D eigenvalue weighted by Gasteiger charge is 2.20. The Morgan fingerprint density at radius 3 is 2.52 bits per heavy atom. The number of carbonyl (C=O) groups is 2. The van der Waals surface area contributed by atoms with Gasteiger partial charge in [-0.1, -0.05) is 19.1 Å². The quantitative estimate of drug-likeness (QED) is 0.594. The summed E-state index contributed by atoms with van der Waals surface area (Å²) in [6, 6.07) is 11.4. The van der Waals surface area contributed by atoms with Gasteiger partial charge in [0.05, 0.1) is 23.1 Å². The maximum atomic E-state index is 13.2. The molecule has 0 radical (unpaired) electrons. The maximum Gasteiger partial charge on any atom is 0.279 e. The molecule has 2 amide bonds. The second kappa shape index (κ2) is 9.42. The number of nitrogens with one attached hydrogen (secondary N) is 2. The number of rotatable bonds is 6. The second-order valence-electron chi connectivity index (χ2n) is 7.15. The van der Waals surface area contributed by atoms with E-state index >= 15 is 0 Å². The molecule has 0 fully saturated rings. The monoisotopic (exact) mass is 424 g/mol. The van der Waals surface area contributed by atoms with Gasteiger partial charge in [0.2, 0.25) is 0 Å². The van der Waals surface area contributed by atoms with Crippen LogP contribution in [0.1, 0.15) is 41.0 Å². The van der Waals surface area contributed by atoms with Crippen molar-refractivity contribution in [2.24, 2.45) is 0 Å². The van der Waals surface area contributed by atoms with E-state index in [1.807, 2.05) is 32.9 Å². The number of nitrogens with zero attached hydrogens (tertiary/aromatic N) is 2. The van der Waals surface area contributed by atoms with Crippen LogP contribution in [0.5, 0.6) is 5.75 Å². The van der Waals surface area contributed by atoms with Crippen LogP contribution in [-0.2, 0) is 11.2 Å². The molecule has 0 aliphatic carbocycles. The molecule has 0 aliphatic heterocycles. The van der Waals surface area contributed by atoms with E-state index in [-0.39, 0.29) is 5.82 Å². The molecule has 8 heteroatoms. The van der Waals surface area contributed by atoms with Gasteiger partial charge in [-0.25, -0.2) is 9.07 Å². The van der Waals surface area contributed by atoms with E-state index in [0.717, 1.165) is 11.1 Å². The second-order valence-corrected chi connectivity index (χ2v) is 7.15. The van der Waals surface area contributed by atoms with Gasteiger partial charge in [0.25, 0.3) is 11.8 Å². The topological polar surface area (TPSA) is 85.2 Å². The summed E-state index contributed by atoms with van der Waals surface area (Å²) in [7, 11) is 0. The zero-order chi connectivity index (χ0) is 22.5. The van der Waals surface area contributed by atoms with Crippen molar-refractivity contribution >= 4 is 11.8 Å². The highest BCUT2D eigenvalue weighted by atomic mass is 19.1. The van der Waals surface area contributed by atoms with Crippen LogP contribution in [0, 0.1) is 19.7 Å². The van der Waals surface area contributed by atoms with Crippen molar-refractivity contribution in [1.29, 1.82) is 0 Å². The first kappa shape index (κ1) is 22.0. The van der Waals surface area contributed by atoms with Crippen LogP contribution in [0.15, 0.2) is 48.7 Å². The lowest BCUT2D eigenvalue weighted by atomic mass is 10.1. The van der Waals surface area contributed by atoms with Crippen LogP contribution >= 0.6 is 0 Å². The van der Waals surface area contributed by atoms with Crippen LogP contribution in [0.2, 0.25) is 0 Å². The normalized spacial score (nSPS) is 11.6. The predicted octanol–water partition coefficient (Wildman–Crippen LogP) is 3.42. The highest BCUT2D eigenvalue weighted by Crippen LogP contribution is 2.21. The Morgan fingerprint density at radius 1 is 1.13 bits per heavy atom. The minimum absolute atomic E-state index is 0.315. The van der Waals surface area contributed by atoms with Crippen molar-refractivity contribution in [3.05, 3.63) is 76.9 Å². The minimum Gasteiger partial charge on any atom is -0.481 e. The smallest absolute Gasteiger partial charge is 0.279 e. The van der Waals surface area contributed by atoms with E-state index in [4.69, 9.17) is 4.74 Å². The van der Waals surface area contributed by atoms with E-state index in [9.17, 15) is 14.0 Å². The Balaban J connectivity index is 1.65. The SMILES string of the molecule is CCc1c(C(=O)NNC(=O)C(C)Oc2cccc(C)c2C)cnn1-c1ccc(F)cc1. The highest BCUT2D eigenvalue weighted by molar-refractivity contribution is 5.96. The molecule has 1 heterocycles. The molecular formula is C23H25FN4O3. The van der Waals surface area contributed by atoms with Crippen molar-refractivity contribution in [2.75, 3.05) is 0 Å². The van der Waals surface area contributed by atoms with E-state index in [2.05, 4.69) is 16.0 Å². The molecule has 0 aliphatic rings. The van der Waals surface area contributed by atoms with Gasteiger partial charge >= 0.3 is 0 Å². The number of hydrazine groups is 1. The Morgan fingerprint density at radius 2 is 1.84 bits per heavy atom. The fraction of sp³-hybridized carbons (Fsp3) is 0.261. The fourth-order valence-corrected chi connectivity index (χ4v) is 3.09. The third kappa shape index (κ3) is 4.91. The van der Waals surface area contributed by atoms with E-state index < -0.39 is 17.9 Å². The van der Waals surface area contributed by atoms with Crippen molar-refractivity contribution in [1.82, 2.24) is 20.6 Å². The van der Waals surface area contributed by atoms with Gasteiger partial charge in [0, 0.05) is 0 Å². The summed E-state index contributed by atoms with van der Waals surface area (Å²) in [6.07, 6.45) is 1.12. The van der Waals surface area contributed by atoms with Gasteiger partial charge in [0.1, 0.15) is 11.6 Å². The zero-order valence-corrected chi connectivity index (χ0v) is 17.9. The summed E-state index contributed by atoms with van der Waals surface area (Å²) in [5.41, 5.74) is 8.40. The number of benzene rings is 2. The summed E-state index contributed by atoms with van der Waals surface area (Å²) in [6.45, 7) is 7.37. The average Bonchev–Trinajstić information content (AvgIpc) is 3.19. The first-order valence-electron chi connectivity index (χ1n) is 9.97. The van der Waals surface area contributed by atoms with E-state index in [1.54, 1.807) is 29.8 Å². The number of carbonyl (C=O) groups excluding carboxylic acids is 2. The summed E-state index contributed by atoms with van der Waals surface area (Å²) in [5.74, 6) is -0.731. The standard InChI is InChI=1S/C23H25FN4O3/c1-5-20-19(13-25-28(20)18-11-9-17(24)10-12-18)23(30)27-26-22(29)16(4)31-21-8-6-7-14(2)15(21)3/h6-13,16H,5H2,1-4H3,(H,26,29)(H,27,30). The Bertz CT molecular complexity index is 1090. The maximum absolute atomic E-state index is 13.2. The van der Waals surface area contributed by atoms with Crippen LogP contribution in [0.3, 0.4) is 0 Å². The molecule has 0 saturated carbocycles. The molecule has 3 rings (SSSR count). The lowest BCUT2D eigenvalue weighted by Crippen LogP contribution is -2.47. The van der Waals surface area contributed by atoms with E-state index in [0.29, 0.717) is 29.1 Å². The Hall–Kier alpha value is -3.68. The minimum atomic E-state index is -0.812. The number of amides is 2. The van der Waals surface area contributed by atoms with Crippen LogP contribution in [0.4, 0.5) is 4.39 Å². The number of aryl methyl sites for hydroxylation is 1.